The summed E-state index contributed by atoms with van der Waals surface area (Å²) in [6.45, 7) is 3.99. The molecule has 1 amide bonds. The van der Waals surface area contributed by atoms with Gasteiger partial charge in [-0.3, -0.25) is 9.48 Å². The number of nitrogens with zero attached hydrogens (tertiary/aromatic N) is 2. The van der Waals surface area contributed by atoms with E-state index >= 15 is 0 Å². The molecule has 2 aromatic heterocycles. The molecule has 2 heterocycles. The number of aryl methyl sites for hydroxylation is 1. The zero-order chi connectivity index (χ0) is 22.4. The number of carbonyl (C=O) groups excluding carboxylic acids is 1. The number of halogens is 3. The molecule has 3 aromatic rings. The van der Waals surface area contributed by atoms with Crippen LogP contribution in [0.25, 0.3) is 10.4 Å². The molecule has 6 nitrogen and oxygen atoms in total. The van der Waals surface area contributed by atoms with Crippen LogP contribution in [0.2, 0.25) is 5.15 Å². The van der Waals surface area contributed by atoms with E-state index in [9.17, 15) is 14.7 Å². The van der Waals surface area contributed by atoms with Crippen LogP contribution in [0.1, 0.15) is 34.6 Å². The normalized spacial score (nSPS) is 10.9. The molecule has 0 radical (unpaired) electrons. The van der Waals surface area contributed by atoms with Gasteiger partial charge in [0.15, 0.2) is 0 Å². The van der Waals surface area contributed by atoms with Crippen molar-refractivity contribution in [3.05, 3.63) is 67.2 Å². The number of allylic oxidation sites excluding steroid dienone is 2. The lowest BCUT2D eigenvalue weighted by molar-refractivity contribution is 0.0699. The number of benzene rings is 1. The summed E-state index contributed by atoms with van der Waals surface area (Å²) in [6, 6.07) is 7.28. The van der Waals surface area contributed by atoms with Crippen molar-refractivity contribution >= 4 is 72.4 Å². The standard InChI is InChI=1S/C16H11BrClN3O3S.C4H7Br/c1-21-14(18)10(6-19-21)15(22)20-11-7-25-13(12(11)16(23)24)8-2-4-9(17)5-3-8;1-3-4(2)5/h2-7H,1H3,(H,20,22)(H,23,24);3H,1-2H3/b;4-3+. The topological polar surface area (TPSA) is 84.2 Å². The summed E-state index contributed by atoms with van der Waals surface area (Å²) < 4.78 is 3.44. The van der Waals surface area contributed by atoms with Gasteiger partial charge in [0.25, 0.3) is 5.91 Å². The number of aromatic nitrogens is 2. The van der Waals surface area contributed by atoms with Crippen LogP contribution < -0.4 is 5.32 Å². The Morgan fingerprint density at radius 1 is 1.30 bits per heavy atom. The van der Waals surface area contributed by atoms with Crippen LogP contribution in [0.3, 0.4) is 0 Å². The van der Waals surface area contributed by atoms with Gasteiger partial charge in [0.2, 0.25) is 0 Å². The van der Waals surface area contributed by atoms with Crippen LogP contribution in [0.15, 0.2) is 50.9 Å². The fourth-order valence-electron chi connectivity index (χ4n) is 2.24. The third kappa shape index (κ3) is 6.04. The minimum absolute atomic E-state index is 0.0423. The van der Waals surface area contributed by atoms with Crippen molar-refractivity contribution in [2.24, 2.45) is 7.05 Å². The van der Waals surface area contributed by atoms with Gasteiger partial charge < -0.3 is 10.4 Å². The summed E-state index contributed by atoms with van der Waals surface area (Å²) in [5, 5.41) is 17.9. The van der Waals surface area contributed by atoms with Gasteiger partial charge in [-0.2, -0.15) is 5.10 Å². The van der Waals surface area contributed by atoms with Crippen molar-refractivity contribution in [1.29, 1.82) is 0 Å². The van der Waals surface area contributed by atoms with E-state index in [0.29, 0.717) is 4.88 Å². The SMILES string of the molecule is C/C=C(\C)Br.Cn1ncc(C(=O)Nc2csc(-c3ccc(Br)cc3)c2C(=O)O)c1Cl. The summed E-state index contributed by atoms with van der Waals surface area (Å²) in [7, 11) is 1.61. The maximum Gasteiger partial charge on any atom is 0.339 e. The number of anilines is 1. The van der Waals surface area contributed by atoms with Gasteiger partial charge in [0, 0.05) is 16.9 Å². The van der Waals surface area contributed by atoms with Crippen LogP contribution in [-0.4, -0.2) is 26.8 Å². The molecule has 0 atom stereocenters. The molecule has 0 aliphatic carbocycles. The quantitative estimate of drug-likeness (QED) is 0.358. The van der Waals surface area contributed by atoms with Gasteiger partial charge in [0.05, 0.1) is 22.3 Å². The lowest BCUT2D eigenvalue weighted by atomic mass is 10.1. The first kappa shape index (κ1) is 24.3. The lowest BCUT2D eigenvalue weighted by Gasteiger charge is -2.06. The summed E-state index contributed by atoms with van der Waals surface area (Å²) in [6.07, 6.45) is 3.33. The fraction of sp³-hybridized carbons (Fsp3) is 0.150. The van der Waals surface area contributed by atoms with E-state index in [1.807, 2.05) is 44.2 Å². The van der Waals surface area contributed by atoms with E-state index in [1.165, 1.54) is 26.7 Å². The highest BCUT2D eigenvalue weighted by Crippen LogP contribution is 2.37. The van der Waals surface area contributed by atoms with Crippen LogP contribution in [-0.2, 0) is 7.05 Å². The second-order valence-corrected chi connectivity index (χ2v) is 9.37. The Labute approximate surface area is 199 Å². The lowest BCUT2D eigenvalue weighted by Crippen LogP contribution is -2.14. The van der Waals surface area contributed by atoms with Crippen molar-refractivity contribution < 1.29 is 14.7 Å². The van der Waals surface area contributed by atoms with Gasteiger partial charge >= 0.3 is 5.97 Å². The largest absolute Gasteiger partial charge is 0.478 e. The highest BCUT2D eigenvalue weighted by atomic mass is 79.9. The molecule has 0 saturated carbocycles. The number of carboxylic acids is 1. The Bertz CT molecular complexity index is 1090. The van der Waals surface area contributed by atoms with E-state index in [1.54, 1.807) is 12.4 Å². The molecule has 0 aliphatic rings. The average Bonchev–Trinajstić information content (AvgIpc) is 3.26. The maximum absolute atomic E-state index is 12.4. The molecule has 1 aromatic carbocycles. The third-order valence-electron chi connectivity index (χ3n) is 3.87. The molecule has 0 unspecified atom stereocenters. The Morgan fingerprint density at radius 3 is 2.37 bits per heavy atom. The van der Waals surface area contributed by atoms with E-state index in [4.69, 9.17) is 11.6 Å². The molecule has 2 N–H and O–H groups in total. The second-order valence-electron chi connectivity index (χ2n) is 5.97. The highest BCUT2D eigenvalue weighted by molar-refractivity contribution is 9.11. The molecule has 10 heteroatoms. The Morgan fingerprint density at radius 2 is 1.90 bits per heavy atom. The number of hydrogen-bond donors (Lipinski definition) is 2. The first-order valence-electron chi connectivity index (χ1n) is 8.53. The van der Waals surface area contributed by atoms with Gasteiger partial charge in [-0.15, -0.1) is 11.3 Å². The predicted octanol–water partition coefficient (Wildman–Crippen LogP) is 6.82. The smallest absolute Gasteiger partial charge is 0.339 e. The predicted molar refractivity (Wildman–Crippen MR) is 129 cm³/mol. The molecule has 158 valence electrons. The number of carboxylic acid groups (broad SMARTS) is 1. The molecule has 0 aliphatic heterocycles. The number of amides is 1. The van der Waals surface area contributed by atoms with Crippen LogP contribution in [0.4, 0.5) is 5.69 Å². The summed E-state index contributed by atoms with van der Waals surface area (Å²) in [4.78, 5) is 24.7. The molecule has 0 spiro atoms. The van der Waals surface area contributed by atoms with Gasteiger partial charge in [-0.05, 0) is 36.0 Å². The Balaban J connectivity index is 0.000000575. The summed E-state index contributed by atoms with van der Waals surface area (Å²) >= 11 is 13.8. The van der Waals surface area contributed by atoms with Crippen LogP contribution in [0.5, 0.6) is 0 Å². The first-order valence-corrected chi connectivity index (χ1v) is 11.4. The van der Waals surface area contributed by atoms with Crippen molar-refractivity contribution in [1.82, 2.24) is 9.78 Å². The number of hydrogen-bond acceptors (Lipinski definition) is 4. The Hall–Kier alpha value is -1.94. The van der Waals surface area contributed by atoms with E-state index in [-0.39, 0.29) is 22.0 Å². The molecule has 0 bridgehead atoms. The van der Waals surface area contributed by atoms with Crippen LogP contribution >= 0.6 is 54.8 Å². The molecule has 30 heavy (non-hydrogen) atoms. The molecule has 3 rings (SSSR count). The molecular formula is C20H18Br2ClN3O3S. The van der Waals surface area contributed by atoms with E-state index in [2.05, 4.69) is 42.3 Å². The van der Waals surface area contributed by atoms with Crippen molar-refractivity contribution in [2.75, 3.05) is 5.32 Å². The van der Waals surface area contributed by atoms with Crippen molar-refractivity contribution in [3.63, 3.8) is 0 Å². The highest BCUT2D eigenvalue weighted by Gasteiger charge is 2.23. The summed E-state index contributed by atoms with van der Waals surface area (Å²) in [5.74, 6) is -1.63. The third-order valence-corrected chi connectivity index (χ3v) is 6.33. The van der Waals surface area contributed by atoms with Gasteiger partial charge in [-0.1, -0.05) is 61.7 Å². The number of thiophene rings is 1. The van der Waals surface area contributed by atoms with Crippen molar-refractivity contribution in [2.45, 2.75) is 13.8 Å². The van der Waals surface area contributed by atoms with E-state index in [0.717, 1.165) is 10.0 Å². The zero-order valence-corrected chi connectivity index (χ0v) is 21.0. The number of carbonyl (C=O) groups is 2. The van der Waals surface area contributed by atoms with Crippen molar-refractivity contribution in [3.8, 4) is 10.4 Å². The Kier molecular flexibility index (Phi) is 8.84. The summed E-state index contributed by atoms with van der Waals surface area (Å²) in [5.41, 5.74) is 1.20. The molecular weight excluding hydrogens is 558 g/mol. The van der Waals surface area contributed by atoms with Gasteiger partial charge in [-0.25, -0.2) is 4.79 Å². The second kappa shape index (κ2) is 10.9. The average molecular weight is 576 g/mol. The number of nitrogens with one attached hydrogen (secondary N) is 1. The minimum Gasteiger partial charge on any atom is -0.478 e. The monoisotopic (exact) mass is 573 g/mol. The van der Waals surface area contributed by atoms with Gasteiger partial charge in [0.1, 0.15) is 10.7 Å². The zero-order valence-electron chi connectivity index (χ0n) is 16.2. The van der Waals surface area contributed by atoms with E-state index < -0.39 is 11.9 Å². The fourth-order valence-corrected chi connectivity index (χ4v) is 3.68. The molecule has 0 fully saturated rings. The minimum atomic E-state index is -1.12. The maximum atomic E-state index is 12.4. The number of rotatable bonds is 4. The first-order chi connectivity index (χ1) is 14.1. The van der Waals surface area contributed by atoms with Crippen LogP contribution in [0, 0.1) is 0 Å². The number of aromatic carboxylic acids is 1. The molecule has 0 saturated heterocycles.